The summed E-state index contributed by atoms with van der Waals surface area (Å²) in [6.45, 7) is 6.55. The fourth-order valence-corrected chi connectivity index (χ4v) is 2.96. The lowest BCUT2D eigenvalue weighted by atomic mass is 9.84. The lowest BCUT2D eigenvalue weighted by molar-refractivity contribution is 0.0991. The third-order valence-corrected chi connectivity index (χ3v) is 4.19. The summed E-state index contributed by atoms with van der Waals surface area (Å²) < 4.78 is 0. The number of hydrogen-bond donors (Lipinski definition) is 0. The van der Waals surface area contributed by atoms with Crippen molar-refractivity contribution in [2.75, 3.05) is 0 Å². The fourth-order valence-electron chi connectivity index (χ4n) is 2.96. The summed E-state index contributed by atoms with van der Waals surface area (Å²) in [6.07, 6.45) is 0.604. The van der Waals surface area contributed by atoms with Crippen LogP contribution in [0.1, 0.15) is 60.2 Å². The number of fused-ring (bicyclic) bond motifs is 1. The molecule has 1 unspecified atom stereocenters. The maximum atomic E-state index is 12.3. The van der Waals surface area contributed by atoms with E-state index in [0.29, 0.717) is 6.42 Å². The van der Waals surface area contributed by atoms with Crippen molar-refractivity contribution in [1.29, 1.82) is 0 Å². The van der Waals surface area contributed by atoms with Gasteiger partial charge in [0.2, 0.25) is 0 Å². The van der Waals surface area contributed by atoms with Crippen molar-refractivity contribution in [2.45, 2.75) is 38.5 Å². The molecule has 1 heteroatoms. The summed E-state index contributed by atoms with van der Waals surface area (Å²) in [5, 5.41) is 0. The maximum Gasteiger partial charge on any atom is 0.164 e. The number of carbonyl (C=O) groups is 1. The summed E-state index contributed by atoms with van der Waals surface area (Å²) in [4.78, 5) is 12.3. The Labute approximate surface area is 120 Å². The zero-order valence-electron chi connectivity index (χ0n) is 12.3. The van der Waals surface area contributed by atoms with E-state index < -0.39 is 0 Å². The molecule has 0 bridgehead atoms. The minimum absolute atomic E-state index is 0.0835. The van der Waals surface area contributed by atoms with Crippen molar-refractivity contribution in [3.05, 3.63) is 70.8 Å². The van der Waals surface area contributed by atoms with Crippen LogP contribution in [0.4, 0.5) is 0 Å². The second-order valence-electron chi connectivity index (χ2n) is 6.64. The third-order valence-electron chi connectivity index (χ3n) is 4.19. The van der Waals surface area contributed by atoms with E-state index in [9.17, 15) is 4.79 Å². The molecule has 0 saturated heterocycles. The van der Waals surface area contributed by atoms with E-state index in [0.717, 1.165) is 5.56 Å². The molecule has 1 aliphatic rings. The van der Waals surface area contributed by atoms with Crippen molar-refractivity contribution in [2.24, 2.45) is 0 Å². The summed E-state index contributed by atoms with van der Waals surface area (Å²) in [5.74, 6) is 0.507. The van der Waals surface area contributed by atoms with Gasteiger partial charge in [0.05, 0.1) is 0 Å². The Morgan fingerprint density at radius 3 is 2.35 bits per heavy atom. The molecule has 1 atom stereocenters. The number of rotatable bonds is 1. The molecular formula is C19H20O. The van der Waals surface area contributed by atoms with Gasteiger partial charge in [0.15, 0.2) is 5.78 Å². The Kier molecular flexibility index (Phi) is 3.01. The smallest absolute Gasteiger partial charge is 0.164 e. The first-order chi connectivity index (χ1) is 9.47. The van der Waals surface area contributed by atoms with Crippen LogP contribution >= 0.6 is 0 Å². The van der Waals surface area contributed by atoms with Crippen LogP contribution in [0.15, 0.2) is 48.5 Å². The molecule has 0 amide bonds. The Bertz CT molecular complexity index is 647. The molecule has 20 heavy (non-hydrogen) atoms. The minimum atomic E-state index is 0.0835. The van der Waals surface area contributed by atoms with Crippen LogP contribution in [0.2, 0.25) is 0 Å². The van der Waals surface area contributed by atoms with Gasteiger partial charge >= 0.3 is 0 Å². The second-order valence-corrected chi connectivity index (χ2v) is 6.64. The van der Waals surface area contributed by atoms with Gasteiger partial charge in [0.1, 0.15) is 0 Å². The second kappa shape index (κ2) is 4.59. The topological polar surface area (TPSA) is 17.1 Å². The molecule has 0 N–H and O–H groups in total. The molecule has 0 aliphatic heterocycles. The molecule has 1 nitrogen and oxygen atoms in total. The van der Waals surface area contributed by atoms with E-state index in [-0.39, 0.29) is 17.1 Å². The largest absolute Gasteiger partial charge is 0.294 e. The summed E-state index contributed by atoms with van der Waals surface area (Å²) in [7, 11) is 0. The van der Waals surface area contributed by atoms with Gasteiger partial charge in [0, 0.05) is 17.9 Å². The van der Waals surface area contributed by atoms with Crippen molar-refractivity contribution in [3.63, 3.8) is 0 Å². The van der Waals surface area contributed by atoms with Gasteiger partial charge in [-0.15, -0.1) is 0 Å². The Hall–Kier alpha value is -1.89. The molecule has 0 heterocycles. The molecular weight excluding hydrogens is 244 g/mol. The molecule has 2 aromatic rings. The van der Waals surface area contributed by atoms with Gasteiger partial charge < -0.3 is 0 Å². The average Bonchev–Trinajstić information content (AvgIpc) is 2.76. The fraction of sp³-hybridized carbons (Fsp3) is 0.316. The number of hydrogen-bond acceptors (Lipinski definition) is 1. The average molecular weight is 264 g/mol. The first-order valence-corrected chi connectivity index (χ1v) is 7.19. The third kappa shape index (κ3) is 2.18. The SMILES string of the molecule is CC(C)(C)c1ccc2c(c1)C(=O)CC2c1ccccc1. The summed E-state index contributed by atoms with van der Waals surface area (Å²) in [5.41, 5.74) is 4.67. The van der Waals surface area contributed by atoms with E-state index in [1.807, 2.05) is 18.2 Å². The molecule has 0 fully saturated rings. The Morgan fingerprint density at radius 1 is 1.00 bits per heavy atom. The van der Waals surface area contributed by atoms with Crippen LogP contribution in [0, 0.1) is 0 Å². The van der Waals surface area contributed by atoms with E-state index in [4.69, 9.17) is 0 Å². The monoisotopic (exact) mass is 264 g/mol. The van der Waals surface area contributed by atoms with Crippen molar-refractivity contribution in [1.82, 2.24) is 0 Å². The zero-order valence-corrected chi connectivity index (χ0v) is 12.3. The van der Waals surface area contributed by atoms with Crippen LogP contribution in [0.5, 0.6) is 0 Å². The van der Waals surface area contributed by atoms with Crippen LogP contribution in [-0.2, 0) is 5.41 Å². The highest BCUT2D eigenvalue weighted by Crippen LogP contribution is 2.39. The number of carbonyl (C=O) groups excluding carboxylic acids is 1. The molecule has 102 valence electrons. The molecule has 3 rings (SSSR count). The molecule has 2 aromatic carbocycles. The van der Waals surface area contributed by atoms with Gasteiger partial charge in [-0.1, -0.05) is 63.2 Å². The van der Waals surface area contributed by atoms with Crippen molar-refractivity contribution >= 4 is 5.78 Å². The summed E-state index contributed by atoms with van der Waals surface area (Å²) >= 11 is 0. The lowest BCUT2D eigenvalue weighted by Crippen LogP contribution is -2.12. The zero-order chi connectivity index (χ0) is 14.3. The number of Topliss-reactive ketones (excluding diaryl/α,β-unsaturated/α-hetero) is 1. The van der Waals surface area contributed by atoms with E-state index >= 15 is 0 Å². The van der Waals surface area contributed by atoms with E-state index in [1.165, 1.54) is 16.7 Å². The molecule has 0 radical (unpaired) electrons. The molecule has 0 aromatic heterocycles. The summed E-state index contributed by atoms with van der Waals surface area (Å²) in [6, 6.07) is 16.8. The van der Waals surface area contributed by atoms with Gasteiger partial charge in [-0.05, 0) is 28.2 Å². The highest BCUT2D eigenvalue weighted by Gasteiger charge is 2.31. The highest BCUT2D eigenvalue weighted by atomic mass is 16.1. The standard InChI is InChI=1S/C19H20O/c1-19(2,3)14-9-10-15-16(12-18(20)17(15)11-14)13-7-5-4-6-8-13/h4-11,16H,12H2,1-3H3. The van der Waals surface area contributed by atoms with Gasteiger partial charge in [0.25, 0.3) is 0 Å². The molecule has 1 aliphatic carbocycles. The Morgan fingerprint density at radius 2 is 1.70 bits per heavy atom. The van der Waals surface area contributed by atoms with Gasteiger partial charge in [-0.3, -0.25) is 4.79 Å². The quantitative estimate of drug-likeness (QED) is 0.729. The van der Waals surface area contributed by atoms with Crippen LogP contribution in [0.3, 0.4) is 0 Å². The van der Waals surface area contributed by atoms with Gasteiger partial charge in [-0.25, -0.2) is 0 Å². The van der Waals surface area contributed by atoms with E-state index in [2.05, 4.69) is 51.1 Å². The first-order valence-electron chi connectivity index (χ1n) is 7.19. The number of ketones is 1. The highest BCUT2D eigenvalue weighted by molar-refractivity contribution is 6.02. The minimum Gasteiger partial charge on any atom is -0.294 e. The van der Waals surface area contributed by atoms with Crippen molar-refractivity contribution in [3.8, 4) is 0 Å². The lowest BCUT2D eigenvalue weighted by Gasteiger charge is -2.20. The van der Waals surface area contributed by atoms with Gasteiger partial charge in [-0.2, -0.15) is 0 Å². The predicted molar refractivity (Wildman–Crippen MR) is 82.4 cm³/mol. The van der Waals surface area contributed by atoms with Crippen molar-refractivity contribution < 1.29 is 4.79 Å². The molecule has 0 spiro atoms. The van der Waals surface area contributed by atoms with Crippen LogP contribution in [-0.4, -0.2) is 5.78 Å². The first kappa shape index (κ1) is 13.1. The van der Waals surface area contributed by atoms with Crippen LogP contribution < -0.4 is 0 Å². The number of benzene rings is 2. The van der Waals surface area contributed by atoms with Crippen LogP contribution in [0.25, 0.3) is 0 Å². The molecule has 0 saturated carbocycles. The maximum absolute atomic E-state index is 12.3. The van der Waals surface area contributed by atoms with E-state index in [1.54, 1.807) is 0 Å². The Balaban J connectivity index is 2.07. The normalized spacial score (nSPS) is 18.1. The predicted octanol–water partition coefficient (Wildman–Crippen LogP) is 4.70.